The summed E-state index contributed by atoms with van der Waals surface area (Å²) in [4.78, 5) is 10.2. The van der Waals surface area contributed by atoms with Crippen LogP contribution in [0.15, 0.2) is 12.7 Å². The molecule has 3 N–H and O–H groups in total. The lowest BCUT2D eigenvalue weighted by Gasteiger charge is -2.10. The van der Waals surface area contributed by atoms with E-state index in [9.17, 15) is 9.35 Å². The van der Waals surface area contributed by atoms with Crippen LogP contribution in [0.25, 0.3) is 0 Å². The molecular formula is C6H11NO3S. The molecule has 0 aromatic carbocycles. The Kier molecular flexibility index (Phi) is 4.93. The van der Waals surface area contributed by atoms with Crippen LogP contribution < -0.4 is 5.73 Å². The van der Waals surface area contributed by atoms with Gasteiger partial charge >= 0.3 is 5.97 Å². The second-order valence-electron chi connectivity index (χ2n) is 2.01. The number of carboxylic acids is 1. The second kappa shape index (κ2) is 5.17. The van der Waals surface area contributed by atoms with Crippen molar-refractivity contribution >= 4 is 17.1 Å². The van der Waals surface area contributed by atoms with E-state index >= 15 is 0 Å². The quantitative estimate of drug-likeness (QED) is 0.431. The first-order valence-electron chi connectivity index (χ1n) is 3.02. The minimum absolute atomic E-state index is 0.0125. The highest BCUT2D eigenvalue weighted by Gasteiger charge is 2.17. The third kappa shape index (κ3) is 4.83. The summed E-state index contributed by atoms with van der Waals surface area (Å²) >= 11 is -1.19. The fourth-order valence-electron chi connectivity index (χ4n) is 0.471. The third-order valence-electron chi connectivity index (χ3n) is 0.986. The molecule has 4 nitrogen and oxygen atoms in total. The highest BCUT2D eigenvalue weighted by Crippen LogP contribution is 1.93. The number of hydrogen-bond donors (Lipinski definition) is 2. The van der Waals surface area contributed by atoms with Crippen LogP contribution in [0.5, 0.6) is 0 Å². The summed E-state index contributed by atoms with van der Waals surface area (Å²) in [5.41, 5.74) is 5.12. The van der Waals surface area contributed by atoms with Crippen LogP contribution in [0.1, 0.15) is 0 Å². The van der Waals surface area contributed by atoms with E-state index in [0.717, 1.165) is 0 Å². The summed E-state index contributed by atoms with van der Waals surface area (Å²) in [5.74, 6) is -0.843. The molecule has 0 saturated carbocycles. The molecule has 0 aliphatic carbocycles. The maximum atomic E-state index is 10.9. The molecule has 0 aromatic heterocycles. The van der Waals surface area contributed by atoms with Crippen molar-refractivity contribution in [3.63, 3.8) is 0 Å². The average molecular weight is 177 g/mol. The van der Waals surface area contributed by atoms with Crippen molar-refractivity contribution in [2.24, 2.45) is 5.73 Å². The second-order valence-corrected chi connectivity index (χ2v) is 3.55. The zero-order chi connectivity index (χ0) is 8.85. The molecule has 2 atom stereocenters. The van der Waals surface area contributed by atoms with Gasteiger partial charge < -0.3 is 15.4 Å². The van der Waals surface area contributed by atoms with E-state index < -0.39 is 23.2 Å². The van der Waals surface area contributed by atoms with Gasteiger partial charge in [-0.3, -0.25) is 4.79 Å². The van der Waals surface area contributed by atoms with Crippen molar-refractivity contribution in [2.45, 2.75) is 6.04 Å². The van der Waals surface area contributed by atoms with Gasteiger partial charge in [-0.2, -0.15) is 0 Å². The normalized spacial score (nSPS) is 15.5. The molecule has 0 rings (SSSR count). The largest absolute Gasteiger partial charge is 0.616 e. The van der Waals surface area contributed by atoms with Crippen molar-refractivity contribution in [1.82, 2.24) is 0 Å². The Balaban J connectivity index is 3.64. The number of rotatable bonds is 5. The Labute approximate surface area is 68.3 Å². The van der Waals surface area contributed by atoms with Crippen LogP contribution in [0.3, 0.4) is 0 Å². The van der Waals surface area contributed by atoms with E-state index in [1.54, 1.807) is 0 Å². The van der Waals surface area contributed by atoms with E-state index in [2.05, 4.69) is 6.58 Å². The van der Waals surface area contributed by atoms with Gasteiger partial charge in [0.1, 0.15) is 17.5 Å². The van der Waals surface area contributed by atoms with Gasteiger partial charge in [-0.05, 0) is 17.3 Å². The van der Waals surface area contributed by atoms with Gasteiger partial charge in [0.2, 0.25) is 0 Å². The first kappa shape index (κ1) is 10.5. The van der Waals surface area contributed by atoms with Crippen molar-refractivity contribution in [2.75, 3.05) is 11.5 Å². The van der Waals surface area contributed by atoms with Crippen LogP contribution >= 0.6 is 0 Å². The maximum absolute atomic E-state index is 10.9. The highest BCUT2D eigenvalue weighted by atomic mass is 32.2. The molecule has 5 heteroatoms. The van der Waals surface area contributed by atoms with Gasteiger partial charge in [0.15, 0.2) is 0 Å². The number of hydrogen-bond acceptors (Lipinski definition) is 3. The summed E-state index contributed by atoms with van der Waals surface area (Å²) in [6.45, 7) is 3.37. The molecule has 0 amide bonds. The SMILES string of the molecule is C=CC[S@@+]([O-])C[C@H](N)C(=O)O. The molecule has 0 bridgehead atoms. The van der Waals surface area contributed by atoms with Crippen LogP contribution in [-0.2, 0) is 16.0 Å². The molecular weight excluding hydrogens is 166 g/mol. The molecule has 0 aromatic rings. The topological polar surface area (TPSA) is 86.4 Å². The minimum atomic E-state index is -1.19. The third-order valence-corrected chi connectivity index (χ3v) is 2.32. The van der Waals surface area contributed by atoms with Crippen LogP contribution in [0, 0.1) is 0 Å². The lowest BCUT2D eigenvalue weighted by Crippen LogP contribution is -2.37. The number of carbonyl (C=O) groups is 1. The monoisotopic (exact) mass is 177 g/mol. The summed E-state index contributed by atoms with van der Waals surface area (Å²) < 4.78 is 10.9. The van der Waals surface area contributed by atoms with Gasteiger partial charge in [0.05, 0.1) is 0 Å². The Hall–Kier alpha value is -0.520. The molecule has 0 saturated heterocycles. The number of aliphatic carboxylic acids is 1. The van der Waals surface area contributed by atoms with Gasteiger partial charge in [0, 0.05) is 0 Å². The molecule has 0 fully saturated rings. The standard InChI is InChI=1S/C6H11NO3S/c1-2-3-11(10)4-5(7)6(8)9/h2,5H,1,3-4,7H2,(H,8,9)/t5-,11+/m0/s1. The zero-order valence-electron chi connectivity index (χ0n) is 6.03. The smallest absolute Gasteiger partial charge is 0.325 e. The van der Waals surface area contributed by atoms with E-state index in [0.29, 0.717) is 5.75 Å². The number of nitrogens with two attached hydrogens (primary N) is 1. The Bertz CT molecular complexity index is 151. The van der Waals surface area contributed by atoms with Crippen molar-refractivity contribution in [3.8, 4) is 0 Å². The predicted octanol–water partition coefficient (Wildman–Crippen LogP) is -0.667. The van der Waals surface area contributed by atoms with Crippen molar-refractivity contribution in [1.29, 1.82) is 0 Å². The fourth-order valence-corrected chi connectivity index (χ4v) is 1.41. The minimum Gasteiger partial charge on any atom is -0.616 e. The summed E-state index contributed by atoms with van der Waals surface area (Å²) in [6, 6.07) is -1.03. The molecule has 0 aliphatic rings. The Morgan fingerprint density at radius 3 is 2.82 bits per heavy atom. The molecule has 0 radical (unpaired) electrons. The van der Waals surface area contributed by atoms with Gasteiger partial charge in [0.25, 0.3) is 0 Å². The van der Waals surface area contributed by atoms with Gasteiger partial charge in [-0.25, -0.2) is 0 Å². The summed E-state index contributed by atoms with van der Waals surface area (Å²) in [5, 5.41) is 8.31. The summed E-state index contributed by atoms with van der Waals surface area (Å²) in [6.07, 6.45) is 1.48. The lowest BCUT2D eigenvalue weighted by atomic mass is 10.4. The Morgan fingerprint density at radius 1 is 1.91 bits per heavy atom. The Morgan fingerprint density at radius 2 is 2.45 bits per heavy atom. The van der Waals surface area contributed by atoms with E-state index in [1.807, 2.05) is 0 Å². The van der Waals surface area contributed by atoms with E-state index in [4.69, 9.17) is 10.8 Å². The van der Waals surface area contributed by atoms with Crippen molar-refractivity contribution < 1.29 is 14.5 Å². The molecule has 0 spiro atoms. The van der Waals surface area contributed by atoms with E-state index in [-0.39, 0.29) is 5.75 Å². The molecule has 0 heterocycles. The first-order chi connectivity index (χ1) is 5.07. The fraction of sp³-hybridized carbons (Fsp3) is 0.500. The average Bonchev–Trinajstić information content (AvgIpc) is 1.87. The van der Waals surface area contributed by atoms with Crippen molar-refractivity contribution in [3.05, 3.63) is 12.7 Å². The maximum Gasteiger partial charge on any atom is 0.325 e. The predicted molar refractivity (Wildman–Crippen MR) is 43.7 cm³/mol. The van der Waals surface area contributed by atoms with E-state index in [1.165, 1.54) is 6.08 Å². The first-order valence-corrected chi connectivity index (χ1v) is 4.51. The molecule has 64 valence electrons. The summed E-state index contributed by atoms with van der Waals surface area (Å²) in [7, 11) is 0. The van der Waals surface area contributed by atoms with Crippen LogP contribution in [0.2, 0.25) is 0 Å². The van der Waals surface area contributed by atoms with Gasteiger partial charge in [-0.15, -0.1) is 0 Å². The molecule has 0 unspecified atom stereocenters. The highest BCUT2D eigenvalue weighted by molar-refractivity contribution is 7.91. The zero-order valence-corrected chi connectivity index (χ0v) is 6.84. The number of carboxylic acid groups (broad SMARTS) is 1. The molecule has 0 aliphatic heterocycles. The van der Waals surface area contributed by atoms with Crippen LogP contribution in [0.4, 0.5) is 0 Å². The lowest BCUT2D eigenvalue weighted by molar-refractivity contribution is -0.137. The molecule has 11 heavy (non-hydrogen) atoms. The van der Waals surface area contributed by atoms with Gasteiger partial charge in [-0.1, -0.05) is 6.58 Å². The van der Waals surface area contributed by atoms with Crippen LogP contribution in [-0.4, -0.2) is 33.2 Å².